The number of amidine groups is 1. The monoisotopic (exact) mass is 312 g/mol. The number of hydrogen-bond acceptors (Lipinski definition) is 8. The lowest BCUT2D eigenvalue weighted by Gasteiger charge is -2.09. The Labute approximate surface area is 123 Å². The summed E-state index contributed by atoms with van der Waals surface area (Å²) in [6, 6.07) is 0. The fourth-order valence-corrected chi connectivity index (χ4v) is 3.88. The zero-order valence-corrected chi connectivity index (χ0v) is 13.0. The van der Waals surface area contributed by atoms with Crippen molar-refractivity contribution in [3.63, 3.8) is 0 Å². The molecular formula is C10H12N6S3. The summed E-state index contributed by atoms with van der Waals surface area (Å²) in [5.41, 5.74) is 7.91. The van der Waals surface area contributed by atoms with Crippen molar-refractivity contribution in [1.29, 1.82) is 5.41 Å². The van der Waals surface area contributed by atoms with Gasteiger partial charge in [0.05, 0.1) is 11.3 Å². The van der Waals surface area contributed by atoms with Gasteiger partial charge in [-0.2, -0.15) is 5.10 Å². The first-order valence-corrected chi connectivity index (χ1v) is 8.12. The molecule has 0 aliphatic heterocycles. The van der Waals surface area contributed by atoms with Gasteiger partial charge in [0.25, 0.3) is 0 Å². The molecule has 6 nitrogen and oxygen atoms in total. The molecule has 2 aromatic heterocycles. The second-order valence-corrected chi connectivity index (χ2v) is 6.91. The highest BCUT2D eigenvalue weighted by Gasteiger charge is 2.16. The summed E-state index contributed by atoms with van der Waals surface area (Å²) in [6.45, 7) is 3.73. The Kier molecular flexibility index (Phi) is 4.38. The number of thioether (sulfide) groups is 1. The summed E-state index contributed by atoms with van der Waals surface area (Å²) < 4.78 is 1.66. The van der Waals surface area contributed by atoms with Gasteiger partial charge in [0.2, 0.25) is 0 Å². The summed E-state index contributed by atoms with van der Waals surface area (Å²) >= 11 is 4.37. The largest absolute Gasteiger partial charge is 0.384 e. The van der Waals surface area contributed by atoms with Crippen LogP contribution in [0.25, 0.3) is 0 Å². The van der Waals surface area contributed by atoms with Crippen LogP contribution in [0.1, 0.15) is 16.8 Å². The SMILES string of the molecule is CSc1nnc(Sc2nnc(C)c(C)c2C(=N)N)s1. The van der Waals surface area contributed by atoms with Gasteiger partial charge in [-0.3, -0.25) is 5.41 Å². The molecule has 0 saturated heterocycles. The minimum Gasteiger partial charge on any atom is -0.384 e. The smallest absolute Gasteiger partial charge is 0.181 e. The van der Waals surface area contributed by atoms with E-state index in [1.807, 2.05) is 20.1 Å². The molecule has 0 radical (unpaired) electrons. The van der Waals surface area contributed by atoms with Gasteiger partial charge in [-0.25, -0.2) is 0 Å². The van der Waals surface area contributed by atoms with Crippen molar-refractivity contribution in [2.45, 2.75) is 27.6 Å². The Morgan fingerprint density at radius 3 is 2.42 bits per heavy atom. The second-order valence-electron chi connectivity index (χ2n) is 3.64. The van der Waals surface area contributed by atoms with Crippen LogP contribution >= 0.6 is 34.9 Å². The number of rotatable bonds is 4. The minimum atomic E-state index is -0.00685. The average molecular weight is 312 g/mol. The van der Waals surface area contributed by atoms with Crippen LogP contribution in [0.15, 0.2) is 13.7 Å². The number of aryl methyl sites for hydroxylation is 1. The van der Waals surface area contributed by atoms with E-state index in [0.29, 0.717) is 10.6 Å². The zero-order chi connectivity index (χ0) is 14.0. The maximum Gasteiger partial charge on any atom is 0.181 e. The van der Waals surface area contributed by atoms with Gasteiger partial charge in [0, 0.05) is 0 Å². The molecule has 0 spiro atoms. The van der Waals surface area contributed by atoms with Crippen molar-refractivity contribution >= 4 is 40.7 Å². The van der Waals surface area contributed by atoms with Gasteiger partial charge in [0.15, 0.2) is 8.68 Å². The molecule has 2 rings (SSSR count). The maximum absolute atomic E-state index is 7.68. The normalized spacial score (nSPS) is 10.7. The van der Waals surface area contributed by atoms with Gasteiger partial charge in [-0.15, -0.1) is 15.3 Å². The summed E-state index contributed by atoms with van der Waals surface area (Å²) in [5, 5.41) is 24.6. The van der Waals surface area contributed by atoms with Crippen LogP contribution in [0.3, 0.4) is 0 Å². The lowest BCUT2D eigenvalue weighted by atomic mass is 10.1. The molecule has 100 valence electrons. The molecule has 0 atom stereocenters. The van der Waals surface area contributed by atoms with Crippen LogP contribution in [0.2, 0.25) is 0 Å². The molecule has 0 amide bonds. The molecule has 2 heterocycles. The van der Waals surface area contributed by atoms with E-state index in [-0.39, 0.29) is 5.84 Å². The van der Waals surface area contributed by atoms with E-state index in [2.05, 4.69) is 20.4 Å². The second kappa shape index (κ2) is 5.85. The molecule has 0 bridgehead atoms. The first-order valence-electron chi connectivity index (χ1n) is 5.26. The predicted octanol–water partition coefficient (Wildman–Crippen LogP) is 2.10. The van der Waals surface area contributed by atoms with Gasteiger partial charge in [-0.1, -0.05) is 23.1 Å². The molecule has 0 aromatic carbocycles. The van der Waals surface area contributed by atoms with Gasteiger partial charge in [0.1, 0.15) is 10.9 Å². The van der Waals surface area contributed by atoms with Crippen molar-refractivity contribution in [1.82, 2.24) is 20.4 Å². The van der Waals surface area contributed by atoms with E-state index in [1.165, 1.54) is 23.1 Å². The topological polar surface area (TPSA) is 101 Å². The van der Waals surface area contributed by atoms with E-state index in [9.17, 15) is 0 Å². The van der Waals surface area contributed by atoms with Crippen LogP contribution < -0.4 is 5.73 Å². The lowest BCUT2D eigenvalue weighted by Crippen LogP contribution is -2.16. The van der Waals surface area contributed by atoms with Crippen molar-refractivity contribution in [3.05, 3.63) is 16.8 Å². The zero-order valence-electron chi connectivity index (χ0n) is 10.6. The van der Waals surface area contributed by atoms with E-state index < -0.39 is 0 Å². The van der Waals surface area contributed by atoms with E-state index in [1.54, 1.807) is 11.8 Å². The first-order chi connectivity index (χ1) is 9.02. The average Bonchev–Trinajstić information content (AvgIpc) is 2.81. The predicted molar refractivity (Wildman–Crippen MR) is 78.3 cm³/mol. The van der Waals surface area contributed by atoms with Gasteiger partial charge in [-0.05, 0) is 37.4 Å². The van der Waals surface area contributed by atoms with Crippen LogP contribution in [-0.4, -0.2) is 32.5 Å². The molecule has 2 aromatic rings. The minimum absolute atomic E-state index is 0.00685. The molecule has 0 aliphatic carbocycles. The Balaban J connectivity index is 2.39. The number of nitrogens with two attached hydrogens (primary N) is 1. The number of nitrogen functional groups attached to an aromatic ring is 1. The summed E-state index contributed by atoms with van der Waals surface area (Å²) in [5.74, 6) is -0.00685. The Morgan fingerprint density at radius 2 is 1.84 bits per heavy atom. The Bertz CT molecular complexity index is 624. The van der Waals surface area contributed by atoms with Gasteiger partial charge < -0.3 is 5.73 Å². The van der Waals surface area contributed by atoms with Crippen molar-refractivity contribution in [2.24, 2.45) is 5.73 Å². The van der Waals surface area contributed by atoms with E-state index in [0.717, 1.165) is 19.9 Å². The molecular weight excluding hydrogens is 300 g/mol. The molecule has 3 N–H and O–H groups in total. The van der Waals surface area contributed by atoms with Crippen LogP contribution in [-0.2, 0) is 0 Å². The highest BCUT2D eigenvalue weighted by atomic mass is 32.2. The van der Waals surface area contributed by atoms with Crippen LogP contribution in [0.4, 0.5) is 0 Å². The van der Waals surface area contributed by atoms with Crippen LogP contribution in [0, 0.1) is 19.3 Å². The number of hydrogen-bond donors (Lipinski definition) is 2. The van der Waals surface area contributed by atoms with Crippen molar-refractivity contribution in [2.75, 3.05) is 6.26 Å². The third kappa shape index (κ3) is 3.04. The molecule has 0 aliphatic rings. The fraction of sp³-hybridized carbons (Fsp3) is 0.300. The van der Waals surface area contributed by atoms with Gasteiger partial charge >= 0.3 is 0 Å². The molecule has 9 heteroatoms. The first kappa shape index (κ1) is 14.2. The Morgan fingerprint density at radius 1 is 1.16 bits per heavy atom. The van der Waals surface area contributed by atoms with E-state index in [4.69, 9.17) is 11.1 Å². The third-order valence-electron chi connectivity index (χ3n) is 2.44. The summed E-state index contributed by atoms with van der Waals surface area (Å²) in [6.07, 6.45) is 1.95. The maximum atomic E-state index is 7.68. The molecule has 0 fully saturated rings. The van der Waals surface area contributed by atoms with Crippen molar-refractivity contribution in [3.8, 4) is 0 Å². The molecule has 19 heavy (non-hydrogen) atoms. The number of aromatic nitrogens is 4. The third-order valence-corrected chi connectivity index (χ3v) is 5.37. The van der Waals surface area contributed by atoms with Crippen LogP contribution in [0.5, 0.6) is 0 Å². The summed E-state index contributed by atoms with van der Waals surface area (Å²) in [4.78, 5) is 0. The quantitative estimate of drug-likeness (QED) is 0.506. The number of nitrogens with one attached hydrogen (secondary N) is 1. The van der Waals surface area contributed by atoms with E-state index >= 15 is 0 Å². The standard InChI is InChI=1S/C10H12N6S3/c1-4-5(2)13-14-8(6(4)7(11)12)18-10-16-15-9(17-3)19-10/h1-3H3,(H3,11,12). The summed E-state index contributed by atoms with van der Waals surface area (Å²) in [7, 11) is 0. The lowest BCUT2D eigenvalue weighted by molar-refractivity contribution is 0.869. The number of nitrogens with zero attached hydrogens (tertiary/aromatic N) is 4. The fourth-order valence-electron chi connectivity index (χ4n) is 1.38. The highest BCUT2D eigenvalue weighted by Crippen LogP contribution is 2.34. The molecule has 0 saturated carbocycles. The Hall–Kier alpha value is -1.19. The highest BCUT2D eigenvalue weighted by molar-refractivity contribution is 8.03. The van der Waals surface area contributed by atoms with Crippen molar-refractivity contribution < 1.29 is 0 Å². The molecule has 0 unspecified atom stereocenters.